The number of aliphatic carboxylic acids is 1. The van der Waals surface area contributed by atoms with Crippen LogP contribution in [0.1, 0.15) is 34.6 Å². The van der Waals surface area contributed by atoms with Gasteiger partial charge in [0.25, 0.3) is 0 Å². The fraction of sp³-hybridized carbons (Fsp3) is 0.818. The van der Waals surface area contributed by atoms with Gasteiger partial charge in [-0.15, -0.1) is 0 Å². The molecule has 0 aromatic rings. The van der Waals surface area contributed by atoms with E-state index in [9.17, 15) is 9.59 Å². The number of hydrogen-bond acceptors (Lipinski definition) is 4. The normalized spacial score (nSPS) is 13.3. The lowest BCUT2D eigenvalue weighted by Crippen LogP contribution is -2.49. The zero-order valence-electron chi connectivity index (χ0n) is 11.0. The van der Waals surface area contributed by atoms with Crippen molar-refractivity contribution in [3.63, 3.8) is 0 Å². The monoisotopic (exact) mass is 246 g/mol. The van der Waals surface area contributed by atoms with Crippen molar-refractivity contribution in [1.82, 2.24) is 10.6 Å². The summed E-state index contributed by atoms with van der Waals surface area (Å²) in [5.74, 6) is -1.09. The lowest BCUT2D eigenvalue weighted by Gasteiger charge is -2.22. The highest BCUT2D eigenvalue weighted by Gasteiger charge is 2.23. The fourth-order valence-corrected chi connectivity index (χ4v) is 1.00. The van der Waals surface area contributed by atoms with Gasteiger partial charge in [0, 0.05) is 12.6 Å². The van der Waals surface area contributed by atoms with E-state index in [0.29, 0.717) is 0 Å². The summed E-state index contributed by atoms with van der Waals surface area (Å²) in [5, 5.41) is 14.2. The van der Waals surface area contributed by atoms with E-state index >= 15 is 0 Å². The standard InChI is InChI=1S/C11H22N2O4/c1-7(2)12-6-8(9(14)15)13-10(16)17-11(3,4)5/h7-8,12H,6H2,1-5H3,(H,13,16)(H,14,15)/t8-/m0/s1. The van der Waals surface area contributed by atoms with Crippen LogP contribution < -0.4 is 10.6 Å². The average molecular weight is 246 g/mol. The summed E-state index contributed by atoms with van der Waals surface area (Å²) in [4.78, 5) is 22.3. The van der Waals surface area contributed by atoms with Gasteiger partial charge < -0.3 is 20.5 Å². The zero-order valence-corrected chi connectivity index (χ0v) is 11.0. The summed E-state index contributed by atoms with van der Waals surface area (Å²) < 4.78 is 4.98. The van der Waals surface area contributed by atoms with Crippen LogP contribution in [0.25, 0.3) is 0 Å². The van der Waals surface area contributed by atoms with Gasteiger partial charge >= 0.3 is 12.1 Å². The van der Waals surface area contributed by atoms with Gasteiger partial charge in [-0.2, -0.15) is 0 Å². The van der Waals surface area contributed by atoms with Crippen molar-refractivity contribution in [2.24, 2.45) is 0 Å². The van der Waals surface area contributed by atoms with Crippen molar-refractivity contribution in [1.29, 1.82) is 0 Å². The second kappa shape index (κ2) is 6.44. The highest BCUT2D eigenvalue weighted by Crippen LogP contribution is 2.06. The number of ether oxygens (including phenoxy) is 1. The SMILES string of the molecule is CC(C)NC[C@H](NC(=O)OC(C)(C)C)C(=O)O. The number of carboxylic acids is 1. The van der Waals surface area contributed by atoms with Gasteiger partial charge in [-0.1, -0.05) is 13.8 Å². The highest BCUT2D eigenvalue weighted by atomic mass is 16.6. The van der Waals surface area contributed by atoms with E-state index in [1.54, 1.807) is 20.8 Å². The maximum atomic E-state index is 11.4. The van der Waals surface area contributed by atoms with E-state index < -0.39 is 23.7 Å². The lowest BCUT2D eigenvalue weighted by molar-refractivity contribution is -0.139. The first-order valence-electron chi connectivity index (χ1n) is 5.57. The molecule has 0 heterocycles. The van der Waals surface area contributed by atoms with Gasteiger partial charge in [-0.05, 0) is 20.8 Å². The molecular weight excluding hydrogens is 224 g/mol. The van der Waals surface area contributed by atoms with E-state index in [-0.39, 0.29) is 12.6 Å². The Morgan fingerprint density at radius 2 is 1.82 bits per heavy atom. The molecule has 0 aliphatic heterocycles. The molecule has 100 valence electrons. The Morgan fingerprint density at radius 3 is 2.18 bits per heavy atom. The molecule has 0 unspecified atom stereocenters. The molecule has 0 radical (unpaired) electrons. The lowest BCUT2D eigenvalue weighted by atomic mass is 10.2. The molecular formula is C11H22N2O4. The highest BCUT2D eigenvalue weighted by molar-refractivity contribution is 5.80. The number of rotatable bonds is 5. The number of nitrogens with one attached hydrogen (secondary N) is 2. The number of alkyl carbamates (subject to hydrolysis) is 1. The Balaban J connectivity index is 4.26. The third kappa shape index (κ3) is 8.50. The van der Waals surface area contributed by atoms with Crippen LogP contribution >= 0.6 is 0 Å². The summed E-state index contributed by atoms with van der Waals surface area (Å²) in [6.07, 6.45) is -0.726. The maximum absolute atomic E-state index is 11.4. The number of carboxylic acid groups (broad SMARTS) is 1. The molecule has 0 spiro atoms. The van der Waals surface area contributed by atoms with Crippen molar-refractivity contribution < 1.29 is 19.4 Å². The van der Waals surface area contributed by atoms with Crippen LogP contribution in [0.15, 0.2) is 0 Å². The van der Waals surface area contributed by atoms with Crippen LogP contribution in [0.4, 0.5) is 4.79 Å². The van der Waals surface area contributed by atoms with Crippen molar-refractivity contribution in [2.45, 2.75) is 52.3 Å². The molecule has 1 amide bonds. The van der Waals surface area contributed by atoms with Gasteiger partial charge in [0.1, 0.15) is 11.6 Å². The van der Waals surface area contributed by atoms with Crippen LogP contribution in [-0.2, 0) is 9.53 Å². The Labute approximate surface area is 102 Å². The largest absolute Gasteiger partial charge is 0.480 e. The molecule has 1 atom stereocenters. The van der Waals surface area contributed by atoms with E-state index in [1.165, 1.54) is 0 Å². The molecule has 0 saturated carbocycles. The quantitative estimate of drug-likeness (QED) is 0.672. The van der Waals surface area contributed by atoms with E-state index in [0.717, 1.165) is 0 Å². The molecule has 6 nitrogen and oxygen atoms in total. The molecule has 0 aliphatic carbocycles. The first kappa shape index (κ1) is 15.7. The van der Waals surface area contributed by atoms with E-state index in [1.807, 2.05) is 13.8 Å². The predicted molar refractivity (Wildman–Crippen MR) is 63.9 cm³/mol. The molecule has 17 heavy (non-hydrogen) atoms. The Morgan fingerprint density at radius 1 is 1.29 bits per heavy atom. The van der Waals surface area contributed by atoms with Crippen LogP contribution in [-0.4, -0.2) is 41.4 Å². The second-order valence-corrected chi connectivity index (χ2v) is 5.10. The van der Waals surface area contributed by atoms with Crippen LogP contribution in [0.3, 0.4) is 0 Å². The topological polar surface area (TPSA) is 87.7 Å². The summed E-state index contributed by atoms with van der Waals surface area (Å²) in [5.41, 5.74) is -0.640. The van der Waals surface area contributed by atoms with Gasteiger partial charge in [0.2, 0.25) is 0 Å². The van der Waals surface area contributed by atoms with Gasteiger partial charge in [-0.3, -0.25) is 0 Å². The van der Waals surface area contributed by atoms with E-state index in [4.69, 9.17) is 9.84 Å². The summed E-state index contributed by atoms with van der Waals surface area (Å²) in [6.45, 7) is 9.10. The first-order chi connectivity index (χ1) is 7.61. The van der Waals surface area contributed by atoms with Crippen LogP contribution in [0, 0.1) is 0 Å². The number of hydrogen-bond donors (Lipinski definition) is 3. The van der Waals surface area contributed by atoms with E-state index in [2.05, 4.69) is 10.6 Å². The van der Waals surface area contributed by atoms with Crippen molar-refractivity contribution in [2.75, 3.05) is 6.54 Å². The van der Waals surface area contributed by atoms with Crippen molar-refractivity contribution in [3.05, 3.63) is 0 Å². The zero-order chi connectivity index (χ0) is 13.6. The minimum absolute atomic E-state index is 0.150. The molecule has 0 aromatic carbocycles. The first-order valence-corrected chi connectivity index (χ1v) is 5.57. The number of carbonyl (C=O) groups excluding carboxylic acids is 1. The fourth-order valence-electron chi connectivity index (χ4n) is 1.00. The maximum Gasteiger partial charge on any atom is 0.408 e. The molecule has 0 bridgehead atoms. The van der Waals surface area contributed by atoms with Crippen LogP contribution in [0.2, 0.25) is 0 Å². The van der Waals surface area contributed by atoms with Gasteiger partial charge in [0.05, 0.1) is 0 Å². The molecule has 0 aromatic heterocycles. The van der Waals surface area contributed by atoms with Gasteiger partial charge in [0.15, 0.2) is 0 Å². The Hall–Kier alpha value is -1.30. The average Bonchev–Trinajstić information content (AvgIpc) is 2.08. The summed E-state index contributed by atoms with van der Waals surface area (Å²) >= 11 is 0. The Bertz CT molecular complexity index is 271. The molecule has 6 heteroatoms. The van der Waals surface area contributed by atoms with Gasteiger partial charge in [-0.25, -0.2) is 9.59 Å². The summed E-state index contributed by atoms with van der Waals surface area (Å²) in [7, 11) is 0. The minimum Gasteiger partial charge on any atom is -0.480 e. The predicted octanol–water partition coefficient (Wildman–Crippen LogP) is 0.962. The summed E-state index contributed by atoms with van der Waals surface area (Å²) in [6, 6.07) is -0.843. The molecule has 0 rings (SSSR count). The molecule has 0 fully saturated rings. The third-order valence-corrected chi connectivity index (χ3v) is 1.72. The Kier molecular flexibility index (Phi) is 5.95. The van der Waals surface area contributed by atoms with Crippen LogP contribution in [0.5, 0.6) is 0 Å². The smallest absolute Gasteiger partial charge is 0.408 e. The van der Waals surface area contributed by atoms with Crippen molar-refractivity contribution in [3.8, 4) is 0 Å². The number of carbonyl (C=O) groups is 2. The minimum atomic E-state index is -1.09. The second-order valence-electron chi connectivity index (χ2n) is 5.10. The van der Waals surface area contributed by atoms with Crippen molar-refractivity contribution >= 4 is 12.1 Å². The number of amides is 1. The molecule has 3 N–H and O–H groups in total. The third-order valence-electron chi connectivity index (χ3n) is 1.72. The molecule has 0 aliphatic rings. The molecule has 0 saturated heterocycles.